The average molecular weight is 180 g/mol. The van der Waals surface area contributed by atoms with Crippen molar-refractivity contribution in [3.05, 3.63) is 0 Å². The van der Waals surface area contributed by atoms with Crippen LogP contribution in [0.1, 0.15) is 6.42 Å². The van der Waals surface area contributed by atoms with Gasteiger partial charge >= 0.3 is 0 Å². The molecule has 1 aliphatic heterocycles. The van der Waals surface area contributed by atoms with E-state index in [4.69, 9.17) is 16.7 Å². The molecule has 0 aromatic rings. The highest BCUT2D eigenvalue weighted by atomic mass is 16.4. The van der Waals surface area contributed by atoms with Crippen molar-refractivity contribution in [3.8, 4) is 0 Å². The van der Waals surface area contributed by atoms with Gasteiger partial charge in [0.25, 0.3) is 0 Å². The van der Waals surface area contributed by atoms with Crippen LogP contribution in [0.5, 0.6) is 0 Å². The Morgan fingerprint density at radius 2 is 2.08 bits per heavy atom. The first-order valence-corrected chi connectivity index (χ1v) is 3.59. The van der Waals surface area contributed by atoms with Crippen molar-refractivity contribution in [3.63, 3.8) is 0 Å². The summed E-state index contributed by atoms with van der Waals surface area (Å²) >= 11 is 0. The minimum Gasteiger partial charge on any atom is -0.392 e. The fourth-order valence-corrected chi connectivity index (χ4v) is 1.17. The van der Waals surface area contributed by atoms with Gasteiger partial charge in [-0.15, -0.1) is 0 Å². The van der Waals surface area contributed by atoms with Gasteiger partial charge in [-0.05, 0) is 0 Å². The van der Waals surface area contributed by atoms with E-state index < -0.39 is 30.8 Å². The molecule has 1 heterocycles. The molecule has 1 saturated heterocycles. The molecule has 6 nitrogen and oxygen atoms in total. The predicted octanol–water partition coefficient (Wildman–Crippen LogP) is -3.30. The van der Waals surface area contributed by atoms with E-state index in [9.17, 15) is 10.2 Å². The highest BCUT2D eigenvalue weighted by Gasteiger charge is 2.45. The molecule has 12 heavy (non-hydrogen) atoms. The predicted molar refractivity (Wildman–Crippen MR) is 37.8 cm³/mol. The van der Waals surface area contributed by atoms with E-state index in [1.807, 2.05) is 0 Å². The molecule has 0 bridgehead atoms. The van der Waals surface area contributed by atoms with Gasteiger partial charge in [0.1, 0.15) is 13.7 Å². The van der Waals surface area contributed by atoms with Gasteiger partial charge in [-0.1, -0.05) is 0 Å². The van der Waals surface area contributed by atoms with Gasteiger partial charge in [0.2, 0.25) is 0 Å². The molecular weight excluding hydrogens is 166 g/mol. The zero-order chi connectivity index (χ0) is 10.2. The standard InChI is InChI=1S/C6H13NO5/c8-2-6(12)5(11)3(9)1-4(10)7-6/h3-5,7-12H,1-2H2/t3-,4?,5+,6-/m1/s1/i/hD. The monoisotopic (exact) mass is 180 g/mol. The summed E-state index contributed by atoms with van der Waals surface area (Å²) in [6.45, 7) is -0.939. The van der Waals surface area contributed by atoms with Gasteiger partial charge < -0.3 is 25.5 Å². The molecule has 0 aliphatic carbocycles. The molecule has 1 rings (SSSR count). The Hall–Kier alpha value is -0.240. The van der Waals surface area contributed by atoms with Crippen LogP contribution in [0.25, 0.3) is 0 Å². The fourth-order valence-electron chi connectivity index (χ4n) is 1.17. The number of aliphatic hydroxyl groups excluding tert-OH is 4. The topological polar surface area (TPSA) is 113 Å². The summed E-state index contributed by atoms with van der Waals surface area (Å²) in [4.78, 5) is 0. The molecule has 0 radical (unpaired) electrons. The molecule has 6 N–H and O–H groups in total. The summed E-state index contributed by atoms with van der Waals surface area (Å²) in [6.07, 6.45) is -4.67. The Morgan fingerprint density at radius 1 is 1.50 bits per heavy atom. The third-order valence-corrected chi connectivity index (χ3v) is 1.90. The normalized spacial score (nSPS) is 52.1. The van der Waals surface area contributed by atoms with Crippen LogP contribution in [-0.4, -0.2) is 56.3 Å². The smallest absolute Gasteiger partial charge is 0.170 e. The van der Waals surface area contributed by atoms with Gasteiger partial charge in [0.15, 0.2) is 5.72 Å². The summed E-state index contributed by atoms with van der Waals surface area (Å²) in [5, 5.41) is 46.0. The second kappa shape index (κ2) is 3.25. The number of nitrogens with one attached hydrogen (secondary N) is 1. The minimum atomic E-state index is -2.31. The van der Waals surface area contributed by atoms with Crippen molar-refractivity contribution < 1.29 is 26.9 Å². The van der Waals surface area contributed by atoms with Crippen LogP contribution in [0.2, 0.25) is 1.41 Å². The van der Waals surface area contributed by atoms with Crippen molar-refractivity contribution in [2.24, 2.45) is 0 Å². The summed E-state index contributed by atoms with van der Waals surface area (Å²) < 4.78 is 7.15. The van der Waals surface area contributed by atoms with Crippen LogP contribution >= 0.6 is 0 Å². The molecular formula is C6H13NO5. The maximum absolute atomic E-state index is 9.48. The molecule has 72 valence electrons. The molecule has 0 aromatic heterocycles. The van der Waals surface area contributed by atoms with Gasteiger partial charge in [-0.25, -0.2) is 0 Å². The molecule has 1 aliphatic rings. The first-order valence-electron chi connectivity index (χ1n) is 4.04. The first kappa shape index (κ1) is 8.36. The zero-order valence-electron chi connectivity index (χ0n) is 7.33. The molecule has 1 fully saturated rings. The van der Waals surface area contributed by atoms with Crippen molar-refractivity contribution in [2.75, 3.05) is 6.61 Å². The Labute approximate surface area is 70.5 Å². The number of piperidine rings is 1. The Balaban J connectivity index is 2.88. The number of hydrogen-bond donors (Lipinski definition) is 6. The second-order valence-corrected chi connectivity index (χ2v) is 2.89. The van der Waals surface area contributed by atoms with E-state index >= 15 is 0 Å². The summed E-state index contributed by atoms with van der Waals surface area (Å²) in [7, 11) is 0. The van der Waals surface area contributed by atoms with E-state index in [1.54, 1.807) is 0 Å². The van der Waals surface area contributed by atoms with Crippen molar-refractivity contribution in [1.82, 2.24) is 5.31 Å². The Kier molecular flexibility index (Phi) is 2.26. The summed E-state index contributed by atoms with van der Waals surface area (Å²) in [6, 6.07) is 0. The molecule has 0 spiro atoms. The number of rotatable bonds is 1. The van der Waals surface area contributed by atoms with Crippen LogP contribution in [-0.2, 0) is 0 Å². The SMILES string of the molecule is [2H]N1C(O)C[C@@H](O)[C@H](O)[C@]1(O)CO. The molecule has 0 aromatic carbocycles. The number of hydrogen-bond acceptors (Lipinski definition) is 6. The lowest BCUT2D eigenvalue weighted by Gasteiger charge is -2.41. The van der Waals surface area contributed by atoms with Gasteiger partial charge in [0, 0.05) is 6.42 Å². The maximum Gasteiger partial charge on any atom is 0.170 e. The van der Waals surface area contributed by atoms with Crippen LogP contribution in [0, 0.1) is 0 Å². The van der Waals surface area contributed by atoms with Crippen LogP contribution < -0.4 is 5.31 Å². The fraction of sp³-hybridized carbons (Fsp3) is 1.00. The van der Waals surface area contributed by atoms with E-state index in [0.717, 1.165) is 0 Å². The molecule has 4 atom stereocenters. The van der Waals surface area contributed by atoms with Crippen LogP contribution in [0.15, 0.2) is 0 Å². The maximum atomic E-state index is 9.48. The van der Waals surface area contributed by atoms with Gasteiger partial charge in [0.05, 0.1) is 12.7 Å². The van der Waals surface area contributed by atoms with Crippen molar-refractivity contribution >= 4 is 0 Å². The largest absolute Gasteiger partial charge is 0.392 e. The van der Waals surface area contributed by atoms with Gasteiger partial charge in [-0.2, -0.15) is 0 Å². The lowest BCUT2D eigenvalue weighted by atomic mass is 9.94. The second-order valence-electron chi connectivity index (χ2n) is 2.89. The Morgan fingerprint density at radius 3 is 2.58 bits per heavy atom. The van der Waals surface area contributed by atoms with Gasteiger partial charge in [-0.3, -0.25) is 5.31 Å². The summed E-state index contributed by atoms with van der Waals surface area (Å²) in [5.74, 6) is 0. The average Bonchev–Trinajstić information content (AvgIpc) is 2.12. The first-order chi connectivity index (χ1) is 5.93. The quantitative estimate of drug-likeness (QED) is 0.252. The number of aliphatic hydroxyl groups is 5. The summed E-state index contributed by atoms with van der Waals surface area (Å²) in [5.41, 5.74) is -2.31. The highest BCUT2D eigenvalue weighted by molar-refractivity contribution is 4.94. The third-order valence-electron chi connectivity index (χ3n) is 1.90. The highest BCUT2D eigenvalue weighted by Crippen LogP contribution is 2.19. The lowest BCUT2D eigenvalue weighted by Crippen LogP contribution is -2.68. The molecule has 6 heteroatoms. The van der Waals surface area contributed by atoms with E-state index in [2.05, 4.69) is 0 Å². The molecule has 1 unspecified atom stereocenters. The Bertz CT molecular complexity index is 178. The van der Waals surface area contributed by atoms with E-state index in [-0.39, 0.29) is 11.7 Å². The third kappa shape index (κ3) is 1.58. The molecule has 0 amide bonds. The van der Waals surface area contributed by atoms with E-state index in [0.29, 0.717) is 0 Å². The molecule has 0 saturated carbocycles. The van der Waals surface area contributed by atoms with Crippen LogP contribution in [0.4, 0.5) is 0 Å². The van der Waals surface area contributed by atoms with Crippen molar-refractivity contribution in [2.45, 2.75) is 30.6 Å². The van der Waals surface area contributed by atoms with Crippen LogP contribution in [0.3, 0.4) is 0 Å². The van der Waals surface area contributed by atoms with E-state index in [1.165, 1.54) is 0 Å². The minimum absolute atomic E-state index is 0.243. The van der Waals surface area contributed by atoms with Crippen molar-refractivity contribution in [1.29, 1.82) is 0 Å². The zero-order valence-corrected chi connectivity index (χ0v) is 6.33. The lowest BCUT2D eigenvalue weighted by molar-refractivity contribution is -0.211.